The Balaban J connectivity index is 1.20. The number of furan rings is 1. The van der Waals surface area contributed by atoms with E-state index in [2.05, 4.69) is 162 Å². The Morgan fingerprint density at radius 2 is 0.979 bits per heavy atom. The smallest absolute Gasteiger partial charge is 0.145 e. The summed E-state index contributed by atoms with van der Waals surface area (Å²) in [5, 5.41) is 7.18. The second-order valence-corrected chi connectivity index (χ2v) is 12.3. The monoisotopic (exact) mass is 612 g/mol. The Morgan fingerprint density at radius 3 is 1.71 bits per heavy atom. The molecule has 0 N–H and O–H groups in total. The predicted octanol–water partition coefficient (Wildman–Crippen LogP) is 12.2. The Hall–Kier alpha value is -6.45. The number of aromatic nitrogens is 2. The van der Waals surface area contributed by atoms with Gasteiger partial charge in [-0.05, 0) is 80.2 Å². The highest BCUT2D eigenvalue weighted by atomic mass is 16.3. The van der Waals surface area contributed by atoms with E-state index < -0.39 is 0 Å². The zero-order valence-corrected chi connectivity index (χ0v) is 26.0. The van der Waals surface area contributed by atoms with Crippen LogP contribution in [0.2, 0.25) is 0 Å². The second kappa shape index (κ2) is 10.5. The lowest BCUT2D eigenvalue weighted by atomic mass is 9.85. The van der Waals surface area contributed by atoms with E-state index >= 15 is 0 Å². The van der Waals surface area contributed by atoms with E-state index in [0.29, 0.717) is 0 Å². The van der Waals surface area contributed by atoms with E-state index in [1.165, 1.54) is 43.8 Å². The SMILES string of the molecule is c1ccc(-n2c(-c3ccc(-c4c5ccccc5c(-c5cccc6oc7ccccc7c56)c5ccccc45)cc3)nc3ccccc32)cc1. The van der Waals surface area contributed by atoms with Gasteiger partial charge in [0.2, 0.25) is 0 Å². The van der Waals surface area contributed by atoms with Crippen LogP contribution in [0.15, 0.2) is 174 Å². The van der Waals surface area contributed by atoms with Crippen LogP contribution < -0.4 is 0 Å². The van der Waals surface area contributed by atoms with Crippen molar-refractivity contribution in [2.45, 2.75) is 0 Å². The molecular formula is C45H28N2O. The van der Waals surface area contributed by atoms with Crippen LogP contribution in [0.3, 0.4) is 0 Å². The minimum Gasteiger partial charge on any atom is -0.456 e. The Labute approximate surface area is 277 Å². The predicted molar refractivity (Wildman–Crippen MR) is 200 cm³/mol. The highest BCUT2D eigenvalue weighted by molar-refractivity contribution is 6.25. The fourth-order valence-corrected chi connectivity index (χ4v) is 7.56. The minimum absolute atomic E-state index is 0.906. The maximum atomic E-state index is 6.33. The third kappa shape index (κ3) is 3.98. The van der Waals surface area contributed by atoms with Gasteiger partial charge in [0.25, 0.3) is 0 Å². The van der Waals surface area contributed by atoms with E-state index in [9.17, 15) is 0 Å². The molecule has 0 amide bonds. The van der Waals surface area contributed by atoms with E-state index in [4.69, 9.17) is 9.40 Å². The maximum absolute atomic E-state index is 6.33. The van der Waals surface area contributed by atoms with Crippen LogP contribution in [0.5, 0.6) is 0 Å². The first-order chi connectivity index (χ1) is 23.8. The molecule has 0 saturated heterocycles. The summed E-state index contributed by atoms with van der Waals surface area (Å²) in [4.78, 5) is 5.10. The van der Waals surface area contributed by atoms with Gasteiger partial charge in [0.1, 0.15) is 17.0 Å². The molecule has 0 radical (unpaired) electrons. The zero-order chi connectivity index (χ0) is 31.6. The number of imidazole rings is 1. The van der Waals surface area contributed by atoms with Crippen molar-refractivity contribution < 1.29 is 4.42 Å². The molecule has 224 valence electrons. The van der Waals surface area contributed by atoms with Crippen molar-refractivity contribution in [2.75, 3.05) is 0 Å². The quantitative estimate of drug-likeness (QED) is 0.185. The highest BCUT2D eigenvalue weighted by Gasteiger charge is 2.20. The van der Waals surface area contributed by atoms with Crippen molar-refractivity contribution in [1.29, 1.82) is 0 Å². The molecule has 0 aliphatic rings. The molecule has 10 rings (SSSR count). The second-order valence-electron chi connectivity index (χ2n) is 12.3. The van der Waals surface area contributed by atoms with Crippen LogP contribution in [0.25, 0.3) is 93.8 Å². The van der Waals surface area contributed by atoms with Crippen LogP contribution >= 0.6 is 0 Å². The molecule has 48 heavy (non-hydrogen) atoms. The molecule has 0 spiro atoms. The molecule has 0 unspecified atom stereocenters. The molecule has 0 fully saturated rings. The molecule has 3 nitrogen and oxygen atoms in total. The number of hydrogen-bond donors (Lipinski definition) is 0. The summed E-state index contributed by atoms with van der Waals surface area (Å²) in [6, 6.07) is 60.2. The van der Waals surface area contributed by atoms with Crippen LogP contribution in [0.4, 0.5) is 0 Å². The topological polar surface area (TPSA) is 31.0 Å². The summed E-state index contributed by atoms with van der Waals surface area (Å²) >= 11 is 0. The Morgan fingerprint density at radius 1 is 0.417 bits per heavy atom. The third-order valence-corrected chi connectivity index (χ3v) is 9.61. The van der Waals surface area contributed by atoms with Gasteiger partial charge < -0.3 is 4.42 Å². The number of rotatable bonds is 4. The lowest BCUT2D eigenvalue weighted by Gasteiger charge is -2.18. The van der Waals surface area contributed by atoms with E-state index in [1.807, 2.05) is 12.1 Å². The minimum atomic E-state index is 0.906. The molecule has 2 aromatic heterocycles. The maximum Gasteiger partial charge on any atom is 0.145 e. The first-order valence-electron chi connectivity index (χ1n) is 16.3. The van der Waals surface area contributed by atoms with Crippen molar-refractivity contribution in [3.63, 3.8) is 0 Å². The number of nitrogens with zero attached hydrogens (tertiary/aromatic N) is 2. The molecule has 0 aliphatic heterocycles. The normalized spacial score (nSPS) is 11.8. The Kier molecular flexibility index (Phi) is 5.87. The van der Waals surface area contributed by atoms with Crippen molar-refractivity contribution in [2.24, 2.45) is 0 Å². The number of benzene rings is 8. The van der Waals surface area contributed by atoms with E-state index in [-0.39, 0.29) is 0 Å². The number of fused-ring (bicyclic) bond motifs is 6. The number of hydrogen-bond acceptors (Lipinski definition) is 2. The van der Waals surface area contributed by atoms with Gasteiger partial charge in [0.15, 0.2) is 0 Å². The fraction of sp³-hybridized carbons (Fsp3) is 0. The molecule has 0 bridgehead atoms. The summed E-state index contributed by atoms with van der Waals surface area (Å²) in [5.41, 5.74) is 10.9. The molecule has 0 saturated carbocycles. The van der Waals surface area contributed by atoms with Crippen molar-refractivity contribution in [3.05, 3.63) is 170 Å². The summed E-state index contributed by atoms with van der Waals surface area (Å²) in [7, 11) is 0. The molecule has 10 aromatic rings. The van der Waals surface area contributed by atoms with Crippen molar-refractivity contribution in [3.8, 4) is 39.3 Å². The summed E-state index contributed by atoms with van der Waals surface area (Å²) < 4.78 is 8.58. The Bertz CT molecular complexity index is 2770. The van der Waals surface area contributed by atoms with Gasteiger partial charge in [-0.3, -0.25) is 4.57 Å². The molecule has 8 aromatic carbocycles. The van der Waals surface area contributed by atoms with Crippen LogP contribution in [0, 0.1) is 0 Å². The lowest BCUT2D eigenvalue weighted by molar-refractivity contribution is 0.669. The van der Waals surface area contributed by atoms with Crippen LogP contribution in [-0.4, -0.2) is 9.55 Å². The van der Waals surface area contributed by atoms with E-state index in [1.54, 1.807) is 0 Å². The fourth-order valence-electron chi connectivity index (χ4n) is 7.56. The van der Waals surface area contributed by atoms with Crippen molar-refractivity contribution >= 4 is 54.5 Å². The third-order valence-electron chi connectivity index (χ3n) is 9.61. The standard InChI is InChI=1S/C45H28N2O/c1-2-13-31(14-3-1)47-39-22-10-9-21-38(39)46-45(47)30-27-25-29(26-28-30)42-32-15-4-6-17-34(32)43(35-18-7-5-16-33(35)42)37-20-12-24-41-44(37)36-19-8-11-23-40(36)48-41/h1-28H. The van der Waals surface area contributed by atoms with Gasteiger partial charge in [0.05, 0.1) is 11.0 Å². The summed E-state index contributed by atoms with van der Waals surface area (Å²) in [6.07, 6.45) is 0. The van der Waals surface area contributed by atoms with Gasteiger partial charge in [-0.1, -0.05) is 133 Å². The lowest BCUT2D eigenvalue weighted by Crippen LogP contribution is -1.97. The summed E-state index contributed by atoms with van der Waals surface area (Å²) in [5.74, 6) is 0.930. The first-order valence-corrected chi connectivity index (χ1v) is 16.3. The largest absolute Gasteiger partial charge is 0.456 e. The molecular weight excluding hydrogens is 585 g/mol. The molecule has 0 aliphatic carbocycles. The average Bonchev–Trinajstić information content (AvgIpc) is 3.73. The molecule has 0 atom stereocenters. The molecule has 3 heteroatoms. The van der Waals surface area contributed by atoms with E-state index in [0.717, 1.165) is 50.0 Å². The van der Waals surface area contributed by atoms with Crippen LogP contribution in [-0.2, 0) is 0 Å². The van der Waals surface area contributed by atoms with Gasteiger partial charge >= 0.3 is 0 Å². The highest BCUT2D eigenvalue weighted by Crippen LogP contribution is 2.47. The van der Waals surface area contributed by atoms with Crippen LogP contribution in [0.1, 0.15) is 0 Å². The number of para-hydroxylation sites is 4. The average molecular weight is 613 g/mol. The summed E-state index contributed by atoms with van der Waals surface area (Å²) in [6.45, 7) is 0. The van der Waals surface area contributed by atoms with Gasteiger partial charge in [0, 0.05) is 22.0 Å². The van der Waals surface area contributed by atoms with Crippen molar-refractivity contribution in [1.82, 2.24) is 9.55 Å². The zero-order valence-electron chi connectivity index (χ0n) is 26.0. The van der Waals surface area contributed by atoms with Gasteiger partial charge in [-0.25, -0.2) is 4.98 Å². The molecule has 2 heterocycles. The first kappa shape index (κ1) is 26.7. The van der Waals surface area contributed by atoms with Gasteiger partial charge in [-0.15, -0.1) is 0 Å². The van der Waals surface area contributed by atoms with Gasteiger partial charge in [-0.2, -0.15) is 0 Å².